The normalized spacial score (nSPS) is 11.2. The van der Waals surface area contributed by atoms with Gasteiger partial charge >= 0.3 is 5.97 Å². The molecule has 0 spiro atoms. The number of anilines is 2. The van der Waals surface area contributed by atoms with E-state index in [1.54, 1.807) is 46.5 Å². The minimum absolute atomic E-state index is 0.283. The van der Waals surface area contributed by atoms with E-state index < -0.39 is 19.0 Å². The van der Waals surface area contributed by atoms with Crippen molar-refractivity contribution in [3.63, 3.8) is 0 Å². The van der Waals surface area contributed by atoms with Gasteiger partial charge < -0.3 is 14.8 Å². The molecular formula is C26H26F2N4O3S. The number of pyridine rings is 1. The molecule has 4 rings (SSSR count). The minimum Gasteiger partial charge on any atom is -0.488 e. The van der Waals surface area contributed by atoms with Gasteiger partial charge in [0.15, 0.2) is 5.82 Å². The smallest absolute Gasteiger partial charge is 0.341 e. The third-order valence-corrected chi connectivity index (χ3v) is 6.10. The van der Waals surface area contributed by atoms with Crippen molar-refractivity contribution < 1.29 is 23.0 Å². The maximum atomic E-state index is 12.6. The Kier molecular flexibility index (Phi) is 7.94. The zero-order chi connectivity index (χ0) is 25.7. The molecule has 36 heavy (non-hydrogen) atoms. The topological polar surface area (TPSA) is 78.3 Å². The summed E-state index contributed by atoms with van der Waals surface area (Å²) in [6, 6.07) is 14.3. The molecule has 0 amide bonds. The molecule has 1 aromatic carbocycles. The van der Waals surface area contributed by atoms with Crippen LogP contribution in [0, 0.1) is 5.92 Å². The number of halogens is 2. The van der Waals surface area contributed by atoms with Gasteiger partial charge in [-0.05, 0) is 42.0 Å². The third-order valence-electron chi connectivity index (χ3n) is 5.18. The highest BCUT2D eigenvalue weighted by Crippen LogP contribution is 2.29. The number of thiophene rings is 1. The first-order chi connectivity index (χ1) is 17.3. The Labute approximate surface area is 211 Å². The van der Waals surface area contributed by atoms with Crippen LogP contribution in [0.2, 0.25) is 0 Å². The van der Waals surface area contributed by atoms with Crippen LogP contribution in [-0.4, -0.2) is 40.9 Å². The van der Waals surface area contributed by atoms with E-state index in [0.29, 0.717) is 35.4 Å². The number of esters is 1. The van der Waals surface area contributed by atoms with E-state index in [1.165, 1.54) is 7.11 Å². The van der Waals surface area contributed by atoms with Crippen molar-refractivity contribution in [1.82, 2.24) is 14.8 Å². The Morgan fingerprint density at radius 3 is 2.69 bits per heavy atom. The first kappa shape index (κ1) is 25.3. The van der Waals surface area contributed by atoms with Crippen LogP contribution in [0.4, 0.5) is 20.4 Å². The molecule has 0 aliphatic rings. The van der Waals surface area contributed by atoms with Crippen LogP contribution >= 0.6 is 11.3 Å². The second kappa shape index (κ2) is 11.3. The van der Waals surface area contributed by atoms with Crippen molar-refractivity contribution in [2.45, 2.75) is 26.7 Å². The first-order valence-electron chi connectivity index (χ1n) is 11.3. The quantitative estimate of drug-likeness (QED) is 0.249. The lowest BCUT2D eigenvalue weighted by atomic mass is 10.1. The van der Waals surface area contributed by atoms with E-state index in [0.717, 1.165) is 16.1 Å². The molecule has 0 unspecified atom stereocenters. The van der Waals surface area contributed by atoms with Crippen molar-refractivity contribution in [2.75, 3.05) is 19.0 Å². The number of hydrogen-bond acceptors (Lipinski definition) is 7. The van der Waals surface area contributed by atoms with Gasteiger partial charge in [-0.25, -0.2) is 23.2 Å². The van der Waals surface area contributed by atoms with E-state index in [2.05, 4.69) is 29.2 Å². The maximum Gasteiger partial charge on any atom is 0.341 e. The lowest BCUT2D eigenvalue weighted by Gasteiger charge is -2.11. The van der Waals surface area contributed by atoms with Crippen molar-refractivity contribution in [3.05, 3.63) is 71.4 Å². The Morgan fingerprint density at radius 1 is 1.17 bits per heavy atom. The molecule has 0 saturated carbocycles. The van der Waals surface area contributed by atoms with Crippen molar-refractivity contribution in [3.8, 4) is 21.9 Å². The molecule has 7 nitrogen and oxygen atoms in total. The lowest BCUT2D eigenvalue weighted by molar-refractivity contribution is 0.0601. The SMILES string of the molecule is COC(=O)c1cc(-c2cccs2)cnc1Nc1cc(CC(C)C)n(-c2cccc(OCC(F)F)c2)n1. The molecule has 0 radical (unpaired) electrons. The van der Waals surface area contributed by atoms with Gasteiger partial charge in [0.1, 0.15) is 23.7 Å². The van der Waals surface area contributed by atoms with Crippen LogP contribution < -0.4 is 10.1 Å². The summed E-state index contributed by atoms with van der Waals surface area (Å²) in [5.74, 6) is 0.935. The molecule has 10 heteroatoms. The largest absolute Gasteiger partial charge is 0.488 e. The number of hydrogen-bond donors (Lipinski definition) is 1. The van der Waals surface area contributed by atoms with Gasteiger partial charge in [0.2, 0.25) is 0 Å². The Hall–Kier alpha value is -3.79. The number of ether oxygens (including phenoxy) is 2. The molecule has 0 saturated heterocycles. The number of benzene rings is 1. The van der Waals surface area contributed by atoms with E-state index in [9.17, 15) is 13.6 Å². The Bertz CT molecular complexity index is 1320. The average Bonchev–Trinajstić information content (AvgIpc) is 3.53. The third kappa shape index (κ3) is 6.06. The van der Waals surface area contributed by atoms with E-state index >= 15 is 0 Å². The molecule has 188 valence electrons. The molecule has 0 aliphatic heterocycles. The summed E-state index contributed by atoms with van der Waals surface area (Å²) in [6.07, 6.45) is -0.157. The standard InChI is InChI=1S/C26H26F2N4O3S/c1-16(2)10-19-13-24(31-32(19)18-6-4-7-20(12-18)35-15-23(27)28)30-25-21(26(33)34-3)11-17(14-29-25)22-8-5-9-36-22/h4-9,11-14,16,23H,10,15H2,1-3H3,(H,29,30,31). The molecular weight excluding hydrogens is 486 g/mol. The Balaban J connectivity index is 1.68. The van der Waals surface area contributed by atoms with Crippen LogP contribution in [0.5, 0.6) is 5.75 Å². The highest BCUT2D eigenvalue weighted by molar-refractivity contribution is 7.13. The van der Waals surface area contributed by atoms with Crippen LogP contribution in [0.25, 0.3) is 16.1 Å². The Morgan fingerprint density at radius 2 is 2.00 bits per heavy atom. The highest BCUT2D eigenvalue weighted by atomic mass is 32.1. The predicted octanol–water partition coefficient (Wildman–Crippen LogP) is 6.37. The molecule has 0 bridgehead atoms. The van der Waals surface area contributed by atoms with Gasteiger partial charge in [-0.1, -0.05) is 26.0 Å². The molecule has 4 aromatic rings. The number of methoxy groups -OCH3 is 1. The summed E-state index contributed by atoms with van der Waals surface area (Å²) in [7, 11) is 1.32. The van der Waals surface area contributed by atoms with Crippen LogP contribution in [-0.2, 0) is 11.2 Å². The van der Waals surface area contributed by atoms with E-state index in [-0.39, 0.29) is 5.56 Å². The fourth-order valence-corrected chi connectivity index (χ4v) is 4.37. The van der Waals surface area contributed by atoms with Crippen molar-refractivity contribution >= 4 is 28.9 Å². The summed E-state index contributed by atoms with van der Waals surface area (Å²) in [5.41, 5.74) is 2.65. The summed E-state index contributed by atoms with van der Waals surface area (Å²) < 4.78 is 37.1. The average molecular weight is 513 g/mol. The number of nitrogens with zero attached hydrogens (tertiary/aromatic N) is 3. The molecule has 0 atom stereocenters. The van der Waals surface area contributed by atoms with E-state index in [1.807, 2.05) is 29.6 Å². The second-order valence-corrected chi connectivity index (χ2v) is 9.39. The molecule has 3 heterocycles. The summed E-state index contributed by atoms with van der Waals surface area (Å²) in [5, 5.41) is 9.78. The van der Waals surface area contributed by atoms with Crippen LogP contribution in [0.3, 0.4) is 0 Å². The molecule has 0 aliphatic carbocycles. The summed E-state index contributed by atoms with van der Waals surface area (Å²) in [6.45, 7) is 3.50. The lowest BCUT2D eigenvalue weighted by Crippen LogP contribution is -2.09. The zero-order valence-electron chi connectivity index (χ0n) is 20.1. The number of carbonyl (C=O) groups is 1. The number of alkyl halides is 2. The second-order valence-electron chi connectivity index (χ2n) is 8.44. The molecule has 0 fully saturated rings. The predicted molar refractivity (Wildman–Crippen MR) is 136 cm³/mol. The fourth-order valence-electron chi connectivity index (χ4n) is 3.66. The monoisotopic (exact) mass is 512 g/mol. The van der Waals surface area contributed by atoms with Gasteiger partial charge in [0.05, 0.1) is 12.8 Å². The number of nitrogens with one attached hydrogen (secondary N) is 1. The number of rotatable bonds is 10. The van der Waals surface area contributed by atoms with Gasteiger partial charge in [-0.3, -0.25) is 0 Å². The van der Waals surface area contributed by atoms with Gasteiger partial charge in [-0.15, -0.1) is 16.4 Å². The van der Waals surface area contributed by atoms with Gasteiger partial charge in [0.25, 0.3) is 6.43 Å². The number of aromatic nitrogens is 3. The summed E-state index contributed by atoms with van der Waals surface area (Å²) >= 11 is 1.55. The van der Waals surface area contributed by atoms with Crippen molar-refractivity contribution in [2.24, 2.45) is 5.92 Å². The number of carbonyl (C=O) groups excluding carboxylic acids is 1. The van der Waals surface area contributed by atoms with Crippen molar-refractivity contribution in [1.29, 1.82) is 0 Å². The summed E-state index contributed by atoms with van der Waals surface area (Å²) in [4.78, 5) is 18.0. The fraction of sp³-hybridized carbons (Fsp3) is 0.269. The van der Waals surface area contributed by atoms with Gasteiger partial charge in [0, 0.05) is 34.5 Å². The zero-order valence-corrected chi connectivity index (χ0v) is 20.9. The first-order valence-corrected chi connectivity index (χ1v) is 12.2. The molecule has 3 aromatic heterocycles. The van der Waals surface area contributed by atoms with E-state index in [4.69, 9.17) is 9.47 Å². The van der Waals surface area contributed by atoms with Crippen LogP contribution in [0.15, 0.2) is 60.1 Å². The van der Waals surface area contributed by atoms with Crippen LogP contribution in [0.1, 0.15) is 29.9 Å². The maximum absolute atomic E-state index is 12.6. The minimum atomic E-state index is -2.56. The highest BCUT2D eigenvalue weighted by Gasteiger charge is 2.18. The molecule has 1 N–H and O–H groups in total. The van der Waals surface area contributed by atoms with Gasteiger partial charge in [-0.2, -0.15) is 0 Å².